The van der Waals surface area contributed by atoms with E-state index in [-0.39, 0.29) is 5.82 Å². The maximum Gasteiger partial charge on any atom is 0.144 e. The van der Waals surface area contributed by atoms with E-state index in [0.717, 1.165) is 17.0 Å². The van der Waals surface area contributed by atoms with Crippen LogP contribution in [0, 0.1) is 12.7 Å². The topological polar surface area (TPSA) is 47.0 Å². The Morgan fingerprint density at radius 2 is 2.00 bits per heavy atom. The lowest BCUT2D eigenvalue weighted by atomic mass is 10.1. The minimum Gasteiger partial charge on any atom is -0.497 e. The van der Waals surface area contributed by atoms with Gasteiger partial charge in [0.25, 0.3) is 0 Å². The molecule has 0 spiro atoms. The van der Waals surface area contributed by atoms with Gasteiger partial charge in [0.2, 0.25) is 0 Å². The van der Waals surface area contributed by atoms with Crippen LogP contribution in [-0.2, 0) is 0 Å². The van der Waals surface area contributed by atoms with Gasteiger partial charge < -0.3 is 10.1 Å². The predicted octanol–water partition coefficient (Wildman–Crippen LogP) is 3.83. The van der Waals surface area contributed by atoms with Crippen LogP contribution in [0.5, 0.6) is 5.75 Å². The molecule has 0 aliphatic heterocycles. The van der Waals surface area contributed by atoms with Crippen LogP contribution in [-0.4, -0.2) is 17.1 Å². The molecule has 3 aromatic rings. The van der Waals surface area contributed by atoms with Crippen LogP contribution >= 0.6 is 0 Å². The number of aryl methyl sites for hydroxylation is 1. The Kier molecular flexibility index (Phi) is 3.39. The summed E-state index contributed by atoms with van der Waals surface area (Å²) < 4.78 is 19.2. The molecule has 1 aromatic heterocycles. The first-order valence-corrected chi connectivity index (χ1v) is 6.50. The molecule has 0 radical (unpaired) electrons. The fourth-order valence-electron chi connectivity index (χ4n) is 2.19. The van der Waals surface area contributed by atoms with Crippen LogP contribution < -0.4 is 10.1 Å². The predicted molar refractivity (Wildman–Crippen MR) is 80.5 cm³/mol. The monoisotopic (exact) mass is 283 g/mol. The number of halogens is 1. The van der Waals surface area contributed by atoms with Crippen molar-refractivity contribution in [3.8, 4) is 5.75 Å². The van der Waals surface area contributed by atoms with Crippen molar-refractivity contribution < 1.29 is 9.13 Å². The van der Waals surface area contributed by atoms with Gasteiger partial charge in [0.15, 0.2) is 0 Å². The highest BCUT2D eigenvalue weighted by Gasteiger charge is 2.10. The van der Waals surface area contributed by atoms with Crippen LogP contribution in [0.15, 0.2) is 42.7 Å². The molecule has 1 N–H and O–H groups in total. The molecule has 4 nitrogen and oxygen atoms in total. The number of nitrogens with one attached hydrogen (secondary N) is 1. The van der Waals surface area contributed by atoms with Gasteiger partial charge in [-0.25, -0.2) is 14.4 Å². The molecule has 0 fully saturated rings. The third kappa shape index (κ3) is 2.50. The van der Waals surface area contributed by atoms with Crippen LogP contribution in [0.3, 0.4) is 0 Å². The molecule has 21 heavy (non-hydrogen) atoms. The van der Waals surface area contributed by atoms with Gasteiger partial charge in [-0.3, -0.25) is 0 Å². The number of anilines is 2. The number of methoxy groups -OCH3 is 1. The first-order chi connectivity index (χ1) is 10.2. The van der Waals surface area contributed by atoms with Gasteiger partial charge in [0.05, 0.1) is 18.0 Å². The fraction of sp³-hybridized carbons (Fsp3) is 0.125. The summed E-state index contributed by atoms with van der Waals surface area (Å²) in [7, 11) is 1.62. The second kappa shape index (κ2) is 5.36. The first-order valence-electron chi connectivity index (χ1n) is 6.50. The van der Waals surface area contributed by atoms with E-state index in [9.17, 15) is 4.39 Å². The van der Waals surface area contributed by atoms with Gasteiger partial charge in [-0.1, -0.05) is 6.07 Å². The first kappa shape index (κ1) is 13.3. The zero-order valence-corrected chi connectivity index (χ0v) is 11.7. The number of ether oxygens (including phenoxy) is 1. The molecule has 0 amide bonds. The summed E-state index contributed by atoms with van der Waals surface area (Å²) in [6, 6.07) is 10.4. The Morgan fingerprint density at radius 1 is 1.14 bits per heavy atom. The second-order valence-electron chi connectivity index (χ2n) is 4.66. The summed E-state index contributed by atoms with van der Waals surface area (Å²) in [6.07, 6.45) is 1.42. The van der Waals surface area contributed by atoms with E-state index in [0.29, 0.717) is 16.7 Å². The van der Waals surface area contributed by atoms with Crippen molar-refractivity contribution in [1.29, 1.82) is 0 Å². The lowest BCUT2D eigenvalue weighted by Crippen LogP contribution is -1.99. The largest absolute Gasteiger partial charge is 0.497 e. The van der Waals surface area contributed by atoms with Crippen LogP contribution in [0.2, 0.25) is 0 Å². The van der Waals surface area contributed by atoms with Gasteiger partial charge >= 0.3 is 0 Å². The maximum atomic E-state index is 14.0. The lowest BCUT2D eigenvalue weighted by molar-refractivity contribution is 0.414. The number of hydrogen-bond donors (Lipinski definition) is 1. The molecule has 0 atom stereocenters. The standard InChI is InChI=1S/C16H14FN3O/c1-10-8-11(21-2)6-7-13(10)20-16-15-12(17)4-3-5-14(15)18-9-19-16/h3-9H,1-2H3,(H,18,19,20). The third-order valence-corrected chi connectivity index (χ3v) is 3.30. The number of nitrogens with zero attached hydrogens (tertiary/aromatic N) is 2. The quantitative estimate of drug-likeness (QED) is 0.793. The van der Waals surface area contributed by atoms with Crippen LogP contribution in [0.4, 0.5) is 15.9 Å². The van der Waals surface area contributed by atoms with Crippen LogP contribution in [0.1, 0.15) is 5.56 Å². The number of aromatic nitrogens is 2. The minimum absolute atomic E-state index is 0.346. The molecule has 0 aliphatic carbocycles. The average molecular weight is 283 g/mol. The number of fused-ring (bicyclic) bond motifs is 1. The fourth-order valence-corrected chi connectivity index (χ4v) is 2.19. The highest BCUT2D eigenvalue weighted by Crippen LogP contribution is 2.28. The van der Waals surface area contributed by atoms with Crippen molar-refractivity contribution in [1.82, 2.24) is 9.97 Å². The van der Waals surface area contributed by atoms with E-state index in [1.54, 1.807) is 19.2 Å². The van der Waals surface area contributed by atoms with E-state index >= 15 is 0 Å². The molecule has 0 aliphatic rings. The summed E-state index contributed by atoms with van der Waals surface area (Å²) >= 11 is 0. The van der Waals surface area contributed by atoms with E-state index in [4.69, 9.17) is 4.74 Å². The van der Waals surface area contributed by atoms with E-state index < -0.39 is 0 Å². The molecule has 0 saturated carbocycles. The molecule has 0 saturated heterocycles. The van der Waals surface area contributed by atoms with Crippen molar-refractivity contribution in [2.45, 2.75) is 6.92 Å². The van der Waals surface area contributed by atoms with Crippen molar-refractivity contribution in [3.63, 3.8) is 0 Å². The highest BCUT2D eigenvalue weighted by molar-refractivity contribution is 5.91. The molecular formula is C16H14FN3O. The Hall–Kier alpha value is -2.69. The maximum absolute atomic E-state index is 14.0. The smallest absolute Gasteiger partial charge is 0.144 e. The number of benzene rings is 2. The van der Waals surface area contributed by atoms with Crippen molar-refractivity contribution >= 4 is 22.4 Å². The number of rotatable bonds is 3. The summed E-state index contributed by atoms with van der Waals surface area (Å²) in [5, 5.41) is 3.55. The Balaban J connectivity index is 2.06. The molecule has 3 rings (SSSR count). The highest BCUT2D eigenvalue weighted by atomic mass is 19.1. The third-order valence-electron chi connectivity index (χ3n) is 3.30. The van der Waals surface area contributed by atoms with Gasteiger partial charge in [0.1, 0.15) is 23.7 Å². The van der Waals surface area contributed by atoms with Gasteiger partial charge in [0, 0.05) is 5.69 Å². The lowest BCUT2D eigenvalue weighted by Gasteiger charge is -2.12. The molecule has 2 aromatic carbocycles. The van der Waals surface area contributed by atoms with Gasteiger partial charge in [-0.2, -0.15) is 0 Å². The summed E-state index contributed by atoms with van der Waals surface area (Å²) in [4.78, 5) is 8.24. The summed E-state index contributed by atoms with van der Waals surface area (Å²) in [6.45, 7) is 1.95. The molecule has 5 heteroatoms. The Morgan fingerprint density at radius 3 is 2.76 bits per heavy atom. The zero-order chi connectivity index (χ0) is 14.8. The summed E-state index contributed by atoms with van der Waals surface area (Å²) in [5.41, 5.74) is 2.40. The van der Waals surface area contributed by atoms with Crippen LogP contribution in [0.25, 0.3) is 10.9 Å². The minimum atomic E-state index is -0.346. The SMILES string of the molecule is COc1ccc(Nc2ncnc3cccc(F)c23)c(C)c1. The van der Waals surface area contributed by atoms with E-state index in [1.807, 2.05) is 25.1 Å². The van der Waals surface area contributed by atoms with Crippen molar-refractivity contribution in [2.24, 2.45) is 0 Å². The molecule has 1 heterocycles. The zero-order valence-electron chi connectivity index (χ0n) is 11.7. The summed E-state index contributed by atoms with van der Waals surface area (Å²) in [5.74, 6) is 0.880. The van der Waals surface area contributed by atoms with E-state index in [2.05, 4.69) is 15.3 Å². The second-order valence-corrected chi connectivity index (χ2v) is 4.66. The molecule has 106 valence electrons. The van der Waals surface area contributed by atoms with Crippen molar-refractivity contribution in [3.05, 3.63) is 54.1 Å². The molecular weight excluding hydrogens is 269 g/mol. The molecule has 0 bridgehead atoms. The normalized spacial score (nSPS) is 10.6. The number of hydrogen-bond acceptors (Lipinski definition) is 4. The van der Waals surface area contributed by atoms with Gasteiger partial charge in [-0.05, 0) is 42.8 Å². The Bertz CT molecular complexity index is 799. The average Bonchev–Trinajstić information content (AvgIpc) is 2.49. The molecule has 0 unspecified atom stereocenters. The van der Waals surface area contributed by atoms with E-state index in [1.165, 1.54) is 12.4 Å². The van der Waals surface area contributed by atoms with Gasteiger partial charge in [-0.15, -0.1) is 0 Å². The van der Waals surface area contributed by atoms with Crippen molar-refractivity contribution in [2.75, 3.05) is 12.4 Å². The Labute approximate surface area is 121 Å².